The molecule has 0 spiro atoms. The van der Waals surface area contributed by atoms with Gasteiger partial charge in [-0.2, -0.15) is 18.6 Å². The van der Waals surface area contributed by atoms with E-state index in [-0.39, 0.29) is 20.1 Å². The molecular weight excluding hydrogens is 727 g/mol. The van der Waals surface area contributed by atoms with Gasteiger partial charge in [-0.1, -0.05) is 86.0 Å². The Morgan fingerprint density at radius 2 is 1.44 bits per heavy atom. The summed E-state index contributed by atoms with van der Waals surface area (Å²) in [6, 6.07) is 41.1. The van der Waals surface area contributed by atoms with Crippen molar-refractivity contribution in [1.82, 2.24) is 14.5 Å². The summed E-state index contributed by atoms with van der Waals surface area (Å²) in [6.07, 6.45) is 3.88. The third kappa shape index (κ3) is 6.78. The summed E-state index contributed by atoms with van der Waals surface area (Å²) < 4.78 is 2.43. The standard InChI is InChI=1S/C22H21N2.C19H16N.Ir/c1-15(2)14-24-21-10-5-4-7-17(21)18-8-6-9-19(22(18)24)20-12-11-16(3)13-23-20;1-14-8-6-7-11-17(14)19-12-15(2)18(13-20-19)16-9-4-3-5-10-16;/h4-8,10-13,15H,14H2,1-3H3;3-13H,1H2,2H3;/q2*-1;. The first-order valence-electron chi connectivity index (χ1n) is 15.2. The van der Waals surface area contributed by atoms with E-state index in [1.807, 2.05) is 54.9 Å². The van der Waals surface area contributed by atoms with Crippen molar-refractivity contribution in [3.63, 3.8) is 0 Å². The van der Waals surface area contributed by atoms with Gasteiger partial charge in [0, 0.05) is 55.8 Å². The Kier molecular flexibility index (Phi) is 9.98. The Balaban J connectivity index is 0.000000177. The predicted octanol–water partition coefficient (Wildman–Crippen LogP) is 10.5. The molecule has 3 aromatic heterocycles. The van der Waals surface area contributed by atoms with Crippen molar-refractivity contribution >= 4 is 21.8 Å². The van der Waals surface area contributed by atoms with Crippen LogP contribution in [0.1, 0.15) is 30.5 Å². The molecule has 0 aliphatic heterocycles. The number of aryl methyl sites for hydroxylation is 2. The minimum atomic E-state index is 0. The molecule has 0 saturated heterocycles. The first-order valence-corrected chi connectivity index (χ1v) is 15.2. The fourth-order valence-corrected chi connectivity index (χ4v) is 5.80. The largest absolute Gasteiger partial charge is 0.380 e. The fraction of sp³-hybridized carbons (Fsp3) is 0.146. The summed E-state index contributed by atoms with van der Waals surface area (Å²) in [5.41, 5.74) is 12.5. The molecular formula is C41H37IrN3-2. The molecule has 0 aliphatic rings. The zero-order chi connectivity index (χ0) is 30.6. The molecule has 7 rings (SSSR count). The van der Waals surface area contributed by atoms with Crippen molar-refractivity contribution in [3.05, 3.63) is 151 Å². The van der Waals surface area contributed by atoms with Gasteiger partial charge in [0.15, 0.2) is 0 Å². The number of nitrogens with zero attached hydrogens (tertiary/aromatic N) is 3. The van der Waals surface area contributed by atoms with E-state index in [9.17, 15) is 0 Å². The summed E-state index contributed by atoms with van der Waals surface area (Å²) in [6.45, 7) is 13.8. The molecule has 0 aliphatic carbocycles. The van der Waals surface area contributed by atoms with E-state index >= 15 is 0 Å². The molecule has 4 aromatic carbocycles. The Bertz CT molecular complexity index is 2040. The van der Waals surface area contributed by atoms with Crippen molar-refractivity contribution in [2.75, 3.05) is 0 Å². The molecule has 0 saturated carbocycles. The maximum Gasteiger partial charge on any atom is 0.0391 e. The van der Waals surface area contributed by atoms with Crippen molar-refractivity contribution < 1.29 is 20.1 Å². The second-order valence-electron chi connectivity index (χ2n) is 11.8. The van der Waals surface area contributed by atoms with E-state index in [4.69, 9.17) is 0 Å². The quantitative estimate of drug-likeness (QED) is 0.164. The van der Waals surface area contributed by atoms with Crippen molar-refractivity contribution in [1.29, 1.82) is 0 Å². The van der Waals surface area contributed by atoms with Crippen LogP contribution < -0.4 is 0 Å². The molecule has 0 unspecified atom stereocenters. The first kappa shape index (κ1) is 31.9. The van der Waals surface area contributed by atoms with Gasteiger partial charge in [-0.3, -0.25) is 4.98 Å². The maximum absolute atomic E-state index is 4.64. The molecule has 45 heavy (non-hydrogen) atoms. The molecule has 0 atom stereocenters. The molecule has 7 aromatic rings. The molecule has 0 N–H and O–H groups in total. The van der Waals surface area contributed by atoms with Crippen LogP contribution in [0.2, 0.25) is 0 Å². The summed E-state index contributed by atoms with van der Waals surface area (Å²) in [4.78, 5) is 9.25. The summed E-state index contributed by atoms with van der Waals surface area (Å²) in [5, 5.41) is 2.58. The number of rotatable bonds is 5. The van der Waals surface area contributed by atoms with E-state index in [0.717, 1.165) is 34.6 Å². The number of para-hydroxylation sites is 1. The zero-order valence-electron chi connectivity index (χ0n) is 26.2. The van der Waals surface area contributed by atoms with Crippen LogP contribution in [-0.4, -0.2) is 14.5 Å². The van der Waals surface area contributed by atoms with Crippen LogP contribution in [0.4, 0.5) is 0 Å². The monoisotopic (exact) mass is 764 g/mol. The van der Waals surface area contributed by atoms with Crippen molar-refractivity contribution in [2.45, 2.75) is 34.2 Å². The van der Waals surface area contributed by atoms with Crippen LogP contribution in [0.15, 0.2) is 122 Å². The van der Waals surface area contributed by atoms with Crippen LogP contribution >= 0.6 is 0 Å². The van der Waals surface area contributed by atoms with Gasteiger partial charge in [-0.25, -0.2) is 0 Å². The molecule has 0 fully saturated rings. The van der Waals surface area contributed by atoms with Gasteiger partial charge in [-0.15, -0.1) is 41.5 Å². The number of fused-ring (bicyclic) bond motifs is 3. The smallest absolute Gasteiger partial charge is 0.0391 e. The van der Waals surface area contributed by atoms with E-state index in [2.05, 4.69) is 122 Å². The minimum Gasteiger partial charge on any atom is -0.380 e. The van der Waals surface area contributed by atoms with E-state index in [1.165, 1.54) is 44.1 Å². The van der Waals surface area contributed by atoms with Gasteiger partial charge in [0.2, 0.25) is 0 Å². The average Bonchev–Trinajstić information content (AvgIpc) is 3.35. The Hall–Kier alpha value is -4.50. The molecule has 1 radical (unpaired) electrons. The molecule has 0 amide bonds. The Morgan fingerprint density at radius 1 is 0.733 bits per heavy atom. The number of benzene rings is 4. The number of pyridine rings is 2. The predicted molar refractivity (Wildman–Crippen MR) is 185 cm³/mol. The van der Waals surface area contributed by atoms with Crippen molar-refractivity contribution in [2.24, 2.45) is 5.92 Å². The topological polar surface area (TPSA) is 30.7 Å². The van der Waals surface area contributed by atoms with Crippen LogP contribution in [0.3, 0.4) is 0 Å². The third-order valence-electron chi connectivity index (χ3n) is 7.93. The molecule has 0 bridgehead atoms. The number of hydrogen-bond donors (Lipinski definition) is 0. The Morgan fingerprint density at radius 3 is 2.16 bits per heavy atom. The van der Waals surface area contributed by atoms with Gasteiger partial charge in [-0.05, 0) is 65.2 Å². The summed E-state index contributed by atoms with van der Waals surface area (Å²) in [5.74, 6) is 0.572. The van der Waals surface area contributed by atoms with E-state index in [1.54, 1.807) is 0 Å². The van der Waals surface area contributed by atoms with Gasteiger partial charge in [0.05, 0.1) is 0 Å². The average molecular weight is 764 g/mol. The second kappa shape index (κ2) is 14.1. The molecule has 4 heteroatoms. The zero-order valence-corrected chi connectivity index (χ0v) is 28.6. The van der Waals surface area contributed by atoms with E-state index < -0.39 is 0 Å². The minimum absolute atomic E-state index is 0. The van der Waals surface area contributed by atoms with Crippen LogP contribution in [0, 0.1) is 32.8 Å². The number of aromatic nitrogens is 3. The molecule has 227 valence electrons. The van der Waals surface area contributed by atoms with Gasteiger partial charge < -0.3 is 9.55 Å². The van der Waals surface area contributed by atoms with Gasteiger partial charge in [0.25, 0.3) is 0 Å². The third-order valence-corrected chi connectivity index (χ3v) is 7.93. The molecule has 3 nitrogen and oxygen atoms in total. The number of hydrogen-bond acceptors (Lipinski definition) is 2. The summed E-state index contributed by atoms with van der Waals surface area (Å²) in [7, 11) is 0. The Labute approximate surface area is 280 Å². The van der Waals surface area contributed by atoms with Gasteiger partial charge >= 0.3 is 0 Å². The maximum atomic E-state index is 4.64. The second-order valence-corrected chi connectivity index (χ2v) is 11.8. The van der Waals surface area contributed by atoms with Gasteiger partial charge in [0.1, 0.15) is 0 Å². The fourth-order valence-electron chi connectivity index (χ4n) is 5.80. The van der Waals surface area contributed by atoms with Crippen LogP contribution in [0.5, 0.6) is 0 Å². The van der Waals surface area contributed by atoms with Crippen LogP contribution in [0.25, 0.3) is 55.4 Å². The normalized spacial score (nSPS) is 10.9. The van der Waals surface area contributed by atoms with Crippen molar-refractivity contribution in [3.8, 4) is 33.6 Å². The van der Waals surface area contributed by atoms with Crippen LogP contribution in [-0.2, 0) is 26.7 Å². The van der Waals surface area contributed by atoms with E-state index in [0.29, 0.717) is 5.92 Å². The molecule has 3 heterocycles. The first-order chi connectivity index (χ1) is 21.4. The summed E-state index contributed by atoms with van der Waals surface area (Å²) >= 11 is 0. The SMILES string of the molecule is Cc1ccc(-c2[c-]ccc3c4ccccc4n(CC(C)C)c23)nc1.[CH2-]c1ccccc1-c1cc(C)c(-c2ccccc2)cn1.[Ir].